The molecule has 2 aromatic heterocycles. The van der Waals surface area contributed by atoms with Crippen LogP contribution in [-0.2, 0) is 0 Å². The van der Waals surface area contributed by atoms with Crippen LogP contribution in [0.5, 0.6) is 0 Å². The van der Waals surface area contributed by atoms with E-state index >= 15 is 0 Å². The molecule has 0 fully saturated rings. The van der Waals surface area contributed by atoms with Gasteiger partial charge in [-0.05, 0) is 30.3 Å². The molecule has 4 rings (SSSR count). The van der Waals surface area contributed by atoms with Gasteiger partial charge in [0, 0.05) is 11.1 Å². The summed E-state index contributed by atoms with van der Waals surface area (Å²) in [6.07, 6.45) is 1.54. The van der Waals surface area contributed by atoms with E-state index in [-0.39, 0.29) is 0 Å². The summed E-state index contributed by atoms with van der Waals surface area (Å²) in [6.45, 7) is 0. The van der Waals surface area contributed by atoms with Crippen LogP contribution in [0, 0.1) is 11.6 Å². The molecule has 0 spiro atoms. The number of halogens is 2. The second kappa shape index (κ2) is 4.99. The zero-order valence-electron chi connectivity index (χ0n) is 11.2. The molecule has 0 saturated heterocycles. The second-order valence-corrected chi connectivity index (χ2v) is 5.68. The lowest BCUT2D eigenvalue weighted by molar-refractivity contribution is 0.509. The number of hydrogen-bond acceptors (Lipinski definition) is 3. The summed E-state index contributed by atoms with van der Waals surface area (Å²) in [7, 11) is 0. The van der Waals surface area contributed by atoms with Crippen molar-refractivity contribution in [2.75, 3.05) is 0 Å². The third-order valence-electron chi connectivity index (χ3n) is 3.45. The Bertz CT molecular complexity index is 974. The van der Waals surface area contributed by atoms with E-state index in [4.69, 9.17) is 0 Å². The number of nitrogens with one attached hydrogen (secondary N) is 1. The zero-order valence-corrected chi connectivity index (χ0v) is 12.0. The standard InChI is InChI=1S/C16H9F2N3S/c17-11-3-1-9(5-12(11)18)15-16(20-7-19-15)10-2-4-13-14(6-10)22-8-21-13/h1-8H,(H,19,20). The van der Waals surface area contributed by atoms with Crippen molar-refractivity contribution in [2.24, 2.45) is 0 Å². The number of H-pyrrole nitrogens is 1. The number of imidazole rings is 1. The molecule has 0 atom stereocenters. The van der Waals surface area contributed by atoms with E-state index in [1.807, 2.05) is 18.2 Å². The Kier molecular flexibility index (Phi) is 2.97. The Hall–Kier alpha value is -2.60. The topological polar surface area (TPSA) is 41.6 Å². The van der Waals surface area contributed by atoms with E-state index in [0.29, 0.717) is 11.3 Å². The number of benzene rings is 2. The third-order valence-corrected chi connectivity index (χ3v) is 4.24. The van der Waals surface area contributed by atoms with Crippen molar-refractivity contribution >= 4 is 21.6 Å². The predicted octanol–water partition coefficient (Wildman–Crippen LogP) is 4.63. The quantitative estimate of drug-likeness (QED) is 0.586. The minimum absolute atomic E-state index is 0.527. The molecule has 22 heavy (non-hydrogen) atoms. The first-order chi connectivity index (χ1) is 10.7. The summed E-state index contributed by atoms with van der Waals surface area (Å²) < 4.78 is 27.6. The molecule has 0 unspecified atom stereocenters. The molecule has 0 aliphatic rings. The highest BCUT2D eigenvalue weighted by atomic mass is 32.1. The van der Waals surface area contributed by atoms with Crippen molar-refractivity contribution < 1.29 is 8.78 Å². The fraction of sp³-hybridized carbons (Fsp3) is 0. The number of fused-ring (bicyclic) bond motifs is 1. The lowest BCUT2D eigenvalue weighted by Crippen LogP contribution is -1.88. The molecule has 4 aromatic rings. The summed E-state index contributed by atoms with van der Waals surface area (Å²) in [5.41, 5.74) is 5.53. The summed E-state index contributed by atoms with van der Waals surface area (Å²) in [5.74, 6) is -1.75. The van der Waals surface area contributed by atoms with Gasteiger partial charge in [0.15, 0.2) is 11.6 Å². The Morgan fingerprint density at radius 2 is 1.77 bits per heavy atom. The zero-order chi connectivity index (χ0) is 15.1. The van der Waals surface area contributed by atoms with Crippen molar-refractivity contribution in [3.05, 3.63) is 59.9 Å². The van der Waals surface area contributed by atoms with Gasteiger partial charge in [0.1, 0.15) is 0 Å². The van der Waals surface area contributed by atoms with Gasteiger partial charge >= 0.3 is 0 Å². The predicted molar refractivity (Wildman–Crippen MR) is 82.6 cm³/mol. The Morgan fingerprint density at radius 1 is 0.909 bits per heavy atom. The van der Waals surface area contributed by atoms with Crippen molar-refractivity contribution in [3.8, 4) is 22.5 Å². The van der Waals surface area contributed by atoms with Gasteiger partial charge in [-0.15, -0.1) is 11.3 Å². The fourth-order valence-electron chi connectivity index (χ4n) is 2.39. The van der Waals surface area contributed by atoms with Crippen molar-refractivity contribution in [2.45, 2.75) is 0 Å². The highest BCUT2D eigenvalue weighted by Crippen LogP contribution is 2.32. The largest absolute Gasteiger partial charge is 0.344 e. The van der Waals surface area contributed by atoms with Crippen LogP contribution in [0.4, 0.5) is 8.78 Å². The maximum atomic E-state index is 13.5. The van der Waals surface area contributed by atoms with Gasteiger partial charge in [-0.25, -0.2) is 18.7 Å². The van der Waals surface area contributed by atoms with E-state index < -0.39 is 11.6 Å². The maximum Gasteiger partial charge on any atom is 0.159 e. The van der Waals surface area contributed by atoms with Gasteiger partial charge in [0.2, 0.25) is 0 Å². The van der Waals surface area contributed by atoms with Crippen molar-refractivity contribution in [1.29, 1.82) is 0 Å². The Labute approximate surface area is 128 Å². The smallest absolute Gasteiger partial charge is 0.159 e. The molecule has 6 heteroatoms. The van der Waals surface area contributed by atoms with Gasteiger partial charge in [0.25, 0.3) is 0 Å². The Morgan fingerprint density at radius 3 is 2.64 bits per heavy atom. The summed E-state index contributed by atoms with van der Waals surface area (Å²) >= 11 is 1.55. The maximum absolute atomic E-state index is 13.5. The first-order valence-corrected chi connectivity index (χ1v) is 7.43. The number of thiazole rings is 1. The van der Waals surface area contributed by atoms with Gasteiger partial charge in [-0.2, -0.15) is 0 Å². The highest BCUT2D eigenvalue weighted by molar-refractivity contribution is 7.16. The van der Waals surface area contributed by atoms with Gasteiger partial charge in [-0.3, -0.25) is 0 Å². The molecule has 0 aliphatic carbocycles. The lowest BCUT2D eigenvalue weighted by Gasteiger charge is -2.04. The second-order valence-electron chi connectivity index (χ2n) is 4.79. The van der Waals surface area contributed by atoms with E-state index in [9.17, 15) is 8.78 Å². The van der Waals surface area contributed by atoms with Crippen LogP contribution in [0.25, 0.3) is 32.7 Å². The summed E-state index contributed by atoms with van der Waals surface area (Å²) in [5, 5.41) is 0. The van der Waals surface area contributed by atoms with E-state index in [1.165, 1.54) is 6.07 Å². The van der Waals surface area contributed by atoms with Crippen LogP contribution in [-0.4, -0.2) is 15.0 Å². The molecular weight excluding hydrogens is 304 g/mol. The lowest BCUT2D eigenvalue weighted by atomic mass is 10.0. The van der Waals surface area contributed by atoms with Gasteiger partial charge in [-0.1, -0.05) is 6.07 Å². The average molecular weight is 313 g/mol. The molecule has 0 amide bonds. The molecule has 2 aromatic carbocycles. The van der Waals surface area contributed by atoms with Crippen LogP contribution >= 0.6 is 11.3 Å². The van der Waals surface area contributed by atoms with Gasteiger partial charge < -0.3 is 4.98 Å². The molecule has 3 nitrogen and oxygen atoms in total. The van der Waals surface area contributed by atoms with E-state index in [0.717, 1.165) is 33.6 Å². The molecule has 0 aliphatic heterocycles. The first-order valence-electron chi connectivity index (χ1n) is 6.55. The molecule has 108 valence electrons. The molecule has 2 heterocycles. The summed E-state index contributed by atoms with van der Waals surface area (Å²) in [4.78, 5) is 11.6. The monoisotopic (exact) mass is 313 g/mol. The minimum atomic E-state index is -0.885. The van der Waals surface area contributed by atoms with Crippen LogP contribution in [0.15, 0.2) is 48.2 Å². The van der Waals surface area contributed by atoms with Crippen LogP contribution in [0.1, 0.15) is 0 Å². The van der Waals surface area contributed by atoms with Crippen LogP contribution in [0.3, 0.4) is 0 Å². The fourth-order valence-corrected chi connectivity index (χ4v) is 3.10. The van der Waals surface area contributed by atoms with Crippen LogP contribution in [0.2, 0.25) is 0 Å². The number of rotatable bonds is 2. The molecular formula is C16H9F2N3S. The average Bonchev–Trinajstić information content (AvgIpc) is 3.17. The van der Waals surface area contributed by atoms with Crippen molar-refractivity contribution in [1.82, 2.24) is 15.0 Å². The number of hydrogen-bond donors (Lipinski definition) is 1. The minimum Gasteiger partial charge on any atom is -0.344 e. The first kappa shape index (κ1) is 13.1. The SMILES string of the molecule is Fc1ccc(-c2nc[nH]c2-c2ccc3ncsc3c2)cc1F. The normalized spacial score (nSPS) is 11.2. The highest BCUT2D eigenvalue weighted by Gasteiger charge is 2.13. The molecule has 0 bridgehead atoms. The van der Waals surface area contributed by atoms with E-state index in [2.05, 4.69) is 15.0 Å². The Balaban J connectivity index is 1.86. The van der Waals surface area contributed by atoms with E-state index in [1.54, 1.807) is 23.2 Å². The number of nitrogens with zero attached hydrogens (tertiary/aromatic N) is 2. The summed E-state index contributed by atoms with van der Waals surface area (Å²) in [6, 6.07) is 9.64. The van der Waals surface area contributed by atoms with Gasteiger partial charge in [0.05, 0.1) is 33.4 Å². The van der Waals surface area contributed by atoms with Crippen molar-refractivity contribution in [3.63, 3.8) is 0 Å². The molecule has 0 radical (unpaired) electrons. The molecule has 0 saturated carbocycles. The molecule has 1 N–H and O–H groups in total. The number of aromatic nitrogens is 3. The third kappa shape index (κ3) is 2.08. The number of aromatic amines is 1. The van der Waals surface area contributed by atoms with Crippen LogP contribution < -0.4 is 0 Å².